The molecule has 0 saturated heterocycles. The number of carbonyl (C=O) groups is 1. The molecule has 1 aliphatic heterocycles. The first-order valence-electron chi connectivity index (χ1n) is 12.3. The number of rotatable bonds is 3. The maximum Gasteiger partial charge on any atom is 0.345 e. The molecule has 8 nitrogen and oxygen atoms in total. The zero-order chi connectivity index (χ0) is 25.1. The second kappa shape index (κ2) is 8.45. The molecule has 35 heavy (non-hydrogen) atoms. The SMILES string of the molecule is COC1CC2C(C)C(OC(C)=O)CCC2(C)C2C(O)c3c(cc(-c4cccnc4)oc3=O)OC12C. The highest BCUT2D eigenvalue weighted by Crippen LogP contribution is 2.64. The number of aliphatic hydroxyl groups excluding tert-OH is 1. The number of esters is 1. The fraction of sp³-hybridized carbons (Fsp3) is 0.593. The number of nitrogens with zero attached hydrogens (tertiary/aromatic N) is 1. The Hall–Kier alpha value is -2.71. The Kier molecular flexibility index (Phi) is 5.79. The van der Waals surface area contributed by atoms with E-state index in [1.54, 1.807) is 37.7 Å². The molecule has 0 amide bonds. The van der Waals surface area contributed by atoms with Gasteiger partial charge >= 0.3 is 11.6 Å². The molecule has 3 heterocycles. The lowest BCUT2D eigenvalue weighted by atomic mass is 9.46. The van der Waals surface area contributed by atoms with E-state index < -0.39 is 23.2 Å². The number of methoxy groups -OCH3 is 1. The van der Waals surface area contributed by atoms with Gasteiger partial charge < -0.3 is 23.7 Å². The van der Waals surface area contributed by atoms with E-state index in [2.05, 4.69) is 18.8 Å². The minimum atomic E-state index is -1.09. The molecule has 1 N–H and O–H groups in total. The minimum absolute atomic E-state index is 0.0674. The quantitative estimate of drug-likeness (QED) is 0.655. The number of aromatic nitrogens is 1. The second-order valence-electron chi connectivity index (χ2n) is 10.7. The molecule has 2 aromatic rings. The normalized spacial score (nSPS) is 37.9. The number of hydrogen-bond acceptors (Lipinski definition) is 8. The van der Waals surface area contributed by atoms with Crippen molar-refractivity contribution in [2.24, 2.45) is 23.2 Å². The van der Waals surface area contributed by atoms with Crippen molar-refractivity contribution in [3.05, 3.63) is 46.6 Å². The average Bonchev–Trinajstić information content (AvgIpc) is 2.80. The lowest BCUT2D eigenvalue weighted by molar-refractivity contribution is -0.249. The molecule has 2 aliphatic carbocycles. The number of pyridine rings is 1. The van der Waals surface area contributed by atoms with Crippen LogP contribution in [0, 0.1) is 23.2 Å². The molecular weight excluding hydrogens is 450 g/mol. The van der Waals surface area contributed by atoms with Gasteiger partial charge in [-0.15, -0.1) is 0 Å². The van der Waals surface area contributed by atoms with Gasteiger partial charge in [-0.1, -0.05) is 13.8 Å². The first-order chi connectivity index (χ1) is 16.6. The number of hydrogen-bond donors (Lipinski definition) is 1. The van der Waals surface area contributed by atoms with E-state index in [0.717, 1.165) is 6.42 Å². The van der Waals surface area contributed by atoms with Crippen LogP contribution in [0.5, 0.6) is 5.75 Å². The zero-order valence-electron chi connectivity index (χ0n) is 20.8. The summed E-state index contributed by atoms with van der Waals surface area (Å²) >= 11 is 0. The summed E-state index contributed by atoms with van der Waals surface area (Å²) in [6, 6.07) is 5.23. The van der Waals surface area contributed by atoms with Crippen LogP contribution >= 0.6 is 0 Å². The fourth-order valence-corrected chi connectivity index (χ4v) is 7.35. The Morgan fingerprint density at radius 2 is 2.09 bits per heavy atom. The van der Waals surface area contributed by atoms with Gasteiger partial charge in [-0.05, 0) is 55.6 Å². The molecule has 8 heteroatoms. The molecule has 3 aliphatic rings. The van der Waals surface area contributed by atoms with Crippen molar-refractivity contribution >= 4 is 5.97 Å². The van der Waals surface area contributed by atoms with Crippen molar-refractivity contribution < 1.29 is 28.5 Å². The van der Waals surface area contributed by atoms with Crippen LogP contribution in [0.4, 0.5) is 0 Å². The summed E-state index contributed by atoms with van der Waals surface area (Å²) in [5.74, 6) is 0.117. The van der Waals surface area contributed by atoms with Gasteiger partial charge in [0.25, 0.3) is 0 Å². The first kappa shape index (κ1) is 24.0. The van der Waals surface area contributed by atoms with Crippen molar-refractivity contribution in [1.82, 2.24) is 4.98 Å². The van der Waals surface area contributed by atoms with Crippen LogP contribution in [0.3, 0.4) is 0 Å². The van der Waals surface area contributed by atoms with E-state index in [9.17, 15) is 14.7 Å². The van der Waals surface area contributed by atoms with Crippen LogP contribution in [0.2, 0.25) is 0 Å². The third-order valence-corrected chi connectivity index (χ3v) is 8.91. The van der Waals surface area contributed by atoms with E-state index in [4.69, 9.17) is 18.6 Å². The van der Waals surface area contributed by atoms with Crippen molar-refractivity contribution in [3.63, 3.8) is 0 Å². The fourth-order valence-electron chi connectivity index (χ4n) is 7.35. The molecule has 0 bridgehead atoms. The molecule has 2 aromatic heterocycles. The molecule has 0 spiro atoms. The van der Waals surface area contributed by atoms with E-state index in [1.165, 1.54) is 6.92 Å². The molecule has 5 rings (SSSR count). The highest BCUT2D eigenvalue weighted by atomic mass is 16.6. The van der Waals surface area contributed by atoms with Crippen LogP contribution in [0.25, 0.3) is 11.3 Å². The van der Waals surface area contributed by atoms with Gasteiger partial charge in [0.2, 0.25) is 0 Å². The summed E-state index contributed by atoms with van der Waals surface area (Å²) in [6.45, 7) is 7.67. The highest BCUT2D eigenvalue weighted by Gasteiger charge is 2.67. The summed E-state index contributed by atoms with van der Waals surface area (Å²) < 4.78 is 23.9. The predicted molar refractivity (Wildman–Crippen MR) is 127 cm³/mol. The van der Waals surface area contributed by atoms with Gasteiger partial charge in [-0.3, -0.25) is 9.78 Å². The predicted octanol–water partition coefficient (Wildman–Crippen LogP) is 3.91. The molecule has 8 atom stereocenters. The average molecular weight is 484 g/mol. The third-order valence-electron chi connectivity index (χ3n) is 8.91. The second-order valence-corrected chi connectivity index (χ2v) is 10.7. The number of fused-ring (bicyclic) bond motifs is 4. The van der Waals surface area contributed by atoms with Crippen molar-refractivity contribution in [3.8, 4) is 17.1 Å². The number of ether oxygens (including phenoxy) is 3. The van der Waals surface area contributed by atoms with Crippen molar-refractivity contribution in [2.45, 2.75) is 70.9 Å². The summed E-state index contributed by atoms with van der Waals surface area (Å²) in [7, 11) is 1.65. The van der Waals surface area contributed by atoms with E-state index in [-0.39, 0.29) is 41.0 Å². The van der Waals surface area contributed by atoms with Crippen LogP contribution < -0.4 is 10.4 Å². The molecule has 0 aromatic carbocycles. The van der Waals surface area contributed by atoms with Crippen LogP contribution in [0.1, 0.15) is 58.6 Å². The summed E-state index contributed by atoms with van der Waals surface area (Å²) in [4.78, 5) is 29.0. The van der Waals surface area contributed by atoms with Crippen molar-refractivity contribution in [2.75, 3.05) is 7.11 Å². The topological polar surface area (TPSA) is 108 Å². The summed E-state index contributed by atoms with van der Waals surface area (Å²) in [6.07, 6.45) is 3.75. The molecule has 0 radical (unpaired) electrons. The van der Waals surface area contributed by atoms with E-state index in [0.29, 0.717) is 29.9 Å². The smallest absolute Gasteiger partial charge is 0.345 e. The zero-order valence-corrected chi connectivity index (χ0v) is 20.8. The Balaban J connectivity index is 1.60. The van der Waals surface area contributed by atoms with Gasteiger partial charge in [0, 0.05) is 44.0 Å². The summed E-state index contributed by atoms with van der Waals surface area (Å²) in [5, 5.41) is 11.8. The Labute approximate surface area is 204 Å². The van der Waals surface area contributed by atoms with Crippen LogP contribution in [-0.4, -0.2) is 41.0 Å². The molecular formula is C27H33NO7. The van der Waals surface area contributed by atoms with Gasteiger partial charge in [-0.25, -0.2) is 4.79 Å². The Morgan fingerprint density at radius 3 is 2.74 bits per heavy atom. The Bertz CT molecular complexity index is 1180. The molecule has 188 valence electrons. The van der Waals surface area contributed by atoms with Gasteiger partial charge in [0.15, 0.2) is 0 Å². The molecule has 2 saturated carbocycles. The standard InChI is InChI=1S/C27H33NO7/c1-14-17-11-21(32-5)27(4)24(26(17,3)9-8-18(14)33-15(2)29)23(30)22-20(35-27)12-19(34-25(22)31)16-7-6-10-28-13-16/h6-7,10,12-14,17-18,21,23-24,30H,8-9,11H2,1-5H3. The molecule has 2 fully saturated rings. The largest absolute Gasteiger partial charge is 0.484 e. The van der Waals surface area contributed by atoms with E-state index >= 15 is 0 Å². The minimum Gasteiger partial charge on any atom is -0.484 e. The number of carbonyl (C=O) groups excluding carboxylic acids is 1. The van der Waals surface area contributed by atoms with Gasteiger partial charge in [0.1, 0.15) is 28.8 Å². The first-order valence-corrected chi connectivity index (χ1v) is 12.3. The molecule has 8 unspecified atom stereocenters. The van der Waals surface area contributed by atoms with Gasteiger partial charge in [-0.2, -0.15) is 0 Å². The summed E-state index contributed by atoms with van der Waals surface area (Å²) in [5.41, 5.74) is -1.07. The lowest BCUT2D eigenvalue weighted by Gasteiger charge is -2.64. The number of aliphatic hydroxyl groups is 1. The van der Waals surface area contributed by atoms with Gasteiger partial charge in [0.05, 0.1) is 12.2 Å². The van der Waals surface area contributed by atoms with E-state index in [1.807, 2.05) is 6.92 Å². The Morgan fingerprint density at radius 1 is 1.31 bits per heavy atom. The maximum absolute atomic E-state index is 13.2. The lowest BCUT2D eigenvalue weighted by Crippen LogP contribution is -2.68. The van der Waals surface area contributed by atoms with Crippen molar-refractivity contribution in [1.29, 1.82) is 0 Å². The van der Waals surface area contributed by atoms with Crippen LogP contribution in [0.15, 0.2) is 39.8 Å². The maximum atomic E-state index is 13.2. The highest BCUT2D eigenvalue weighted by molar-refractivity contribution is 5.66. The monoisotopic (exact) mass is 483 g/mol. The third kappa shape index (κ3) is 3.61. The van der Waals surface area contributed by atoms with Crippen LogP contribution in [-0.2, 0) is 14.3 Å².